The lowest BCUT2D eigenvalue weighted by Gasteiger charge is -2.43. The molecule has 1 aromatic rings. The summed E-state index contributed by atoms with van der Waals surface area (Å²) in [5.41, 5.74) is 3.04. The van der Waals surface area contributed by atoms with E-state index in [1.165, 1.54) is 36.8 Å². The minimum absolute atomic E-state index is 0.0241. The average Bonchev–Trinajstić information content (AvgIpc) is 3.22. The molecule has 160 valence electrons. The first-order chi connectivity index (χ1) is 14.2. The van der Waals surface area contributed by atoms with Crippen LogP contribution in [0.3, 0.4) is 0 Å². The third kappa shape index (κ3) is 4.82. The van der Waals surface area contributed by atoms with E-state index in [2.05, 4.69) is 39.4 Å². The van der Waals surface area contributed by atoms with Gasteiger partial charge in [-0.05, 0) is 69.3 Å². The highest BCUT2D eigenvalue weighted by atomic mass is 16.3. The monoisotopic (exact) mass is 401 g/mol. The van der Waals surface area contributed by atoms with Crippen LogP contribution in [-0.4, -0.2) is 83.4 Å². The van der Waals surface area contributed by atoms with Gasteiger partial charge in [0.25, 0.3) is 0 Å². The summed E-state index contributed by atoms with van der Waals surface area (Å²) in [5.74, 6) is -0.0596. The molecule has 1 atom stereocenters. The van der Waals surface area contributed by atoms with E-state index in [1.807, 2.05) is 0 Å². The van der Waals surface area contributed by atoms with Crippen molar-refractivity contribution in [3.05, 3.63) is 35.4 Å². The van der Waals surface area contributed by atoms with Crippen LogP contribution in [0.25, 0.3) is 0 Å². The summed E-state index contributed by atoms with van der Waals surface area (Å²) in [5, 5.41) is 21.2. The summed E-state index contributed by atoms with van der Waals surface area (Å²) in [4.78, 5) is 17.7. The van der Waals surface area contributed by atoms with E-state index in [9.17, 15) is 15.0 Å². The van der Waals surface area contributed by atoms with E-state index >= 15 is 0 Å². The number of carbonyl (C=O) groups is 1. The third-order valence-corrected chi connectivity index (χ3v) is 7.17. The maximum Gasteiger partial charge on any atom is 0.224 e. The number of nitrogens with one attached hydrogen (secondary N) is 1. The van der Waals surface area contributed by atoms with E-state index in [0.717, 1.165) is 39.0 Å². The lowest BCUT2D eigenvalue weighted by Crippen LogP contribution is -2.53. The van der Waals surface area contributed by atoms with Gasteiger partial charge in [0, 0.05) is 18.6 Å². The number of nitrogens with zero attached hydrogens (tertiary/aromatic N) is 2. The first-order valence-electron chi connectivity index (χ1n) is 11.2. The smallest absolute Gasteiger partial charge is 0.224 e. The van der Waals surface area contributed by atoms with Crippen LogP contribution < -0.4 is 5.32 Å². The normalized spacial score (nSPS) is 24.7. The summed E-state index contributed by atoms with van der Waals surface area (Å²) in [6.45, 7) is 3.73. The van der Waals surface area contributed by atoms with Crippen LogP contribution in [0.15, 0.2) is 24.3 Å². The van der Waals surface area contributed by atoms with Gasteiger partial charge in [0.1, 0.15) is 0 Å². The molecule has 4 rings (SSSR count). The number of likely N-dealkylation sites (tertiary alicyclic amines) is 2. The number of carbonyl (C=O) groups excluding carboxylic acids is 1. The lowest BCUT2D eigenvalue weighted by atomic mass is 9.92. The van der Waals surface area contributed by atoms with Gasteiger partial charge in [0.15, 0.2) is 0 Å². The molecule has 2 heterocycles. The maximum absolute atomic E-state index is 12.5. The Labute approximate surface area is 173 Å². The van der Waals surface area contributed by atoms with Crippen molar-refractivity contribution in [3.8, 4) is 0 Å². The molecule has 0 spiro atoms. The Bertz CT molecular complexity index is 661. The number of hydrogen-bond acceptors (Lipinski definition) is 5. The Morgan fingerprint density at radius 3 is 2.24 bits per heavy atom. The molecule has 6 nitrogen and oxygen atoms in total. The predicted molar refractivity (Wildman–Crippen MR) is 113 cm³/mol. The topological polar surface area (TPSA) is 76.0 Å². The molecule has 2 fully saturated rings. The molecule has 6 heteroatoms. The van der Waals surface area contributed by atoms with Gasteiger partial charge in [-0.25, -0.2) is 0 Å². The minimum Gasteiger partial charge on any atom is -0.394 e. The lowest BCUT2D eigenvalue weighted by molar-refractivity contribution is -0.128. The van der Waals surface area contributed by atoms with Crippen LogP contribution >= 0.6 is 0 Å². The summed E-state index contributed by atoms with van der Waals surface area (Å²) >= 11 is 0. The van der Waals surface area contributed by atoms with Gasteiger partial charge < -0.3 is 15.5 Å². The SMILES string of the molecule is O=C(NC(CO)CO)C1CCCN(C2CCN(C3Cc4ccccc4C3)CC2)C1. The van der Waals surface area contributed by atoms with E-state index in [4.69, 9.17) is 0 Å². The number of fused-ring (bicyclic) bond motifs is 1. The molecule has 1 unspecified atom stereocenters. The Balaban J connectivity index is 1.26. The van der Waals surface area contributed by atoms with Gasteiger partial charge in [-0.2, -0.15) is 0 Å². The number of rotatable bonds is 6. The summed E-state index contributed by atoms with van der Waals surface area (Å²) in [6.07, 6.45) is 6.66. The first-order valence-corrected chi connectivity index (χ1v) is 11.2. The van der Waals surface area contributed by atoms with Crippen molar-refractivity contribution in [2.24, 2.45) is 5.92 Å². The highest BCUT2D eigenvalue weighted by Crippen LogP contribution is 2.29. The van der Waals surface area contributed by atoms with Crippen LogP contribution in [0.5, 0.6) is 0 Å². The Morgan fingerprint density at radius 1 is 0.966 bits per heavy atom. The number of benzene rings is 1. The number of piperidine rings is 2. The molecule has 1 amide bonds. The van der Waals surface area contributed by atoms with Crippen LogP contribution in [0.1, 0.15) is 36.8 Å². The van der Waals surface area contributed by atoms with Crippen LogP contribution in [0.2, 0.25) is 0 Å². The summed E-state index contributed by atoms with van der Waals surface area (Å²) in [6, 6.07) is 9.54. The summed E-state index contributed by atoms with van der Waals surface area (Å²) in [7, 11) is 0. The molecule has 0 bridgehead atoms. The van der Waals surface area contributed by atoms with E-state index in [1.54, 1.807) is 0 Å². The van der Waals surface area contributed by atoms with Gasteiger partial charge in [-0.1, -0.05) is 24.3 Å². The number of amides is 1. The van der Waals surface area contributed by atoms with Crippen molar-refractivity contribution in [1.29, 1.82) is 0 Å². The number of hydrogen-bond donors (Lipinski definition) is 3. The molecule has 3 aliphatic rings. The van der Waals surface area contributed by atoms with Crippen LogP contribution in [0.4, 0.5) is 0 Å². The zero-order valence-electron chi connectivity index (χ0n) is 17.3. The van der Waals surface area contributed by atoms with Crippen LogP contribution in [0, 0.1) is 5.92 Å². The molecule has 29 heavy (non-hydrogen) atoms. The zero-order chi connectivity index (χ0) is 20.2. The quantitative estimate of drug-likeness (QED) is 0.657. The molecule has 2 aliphatic heterocycles. The van der Waals surface area contributed by atoms with Crippen molar-refractivity contribution in [2.45, 2.75) is 56.7 Å². The van der Waals surface area contributed by atoms with Crippen molar-refractivity contribution >= 4 is 5.91 Å². The van der Waals surface area contributed by atoms with Crippen LogP contribution in [-0.2, 0) is 17.6 Å². The maximum atomic E-state index is 12.5. The van der Waals surface area contributed by atoms with Crippen molar-refractivity contribution in [3.63, 3.8) is 0 Å². The van der Waals surface area contributed by atoms with Gasteiger partial charge >= 0.3 is 0 Å². The largest absolute Gasteiger partial charge is 0.394 e. The van der Waals surface area contributed by atoms with Crippen molar-refractivity contribution in [1.82, 2.24) is 15.1 Å². The highest BCUT2D eigenvalue weighted by Gasteiger charge is 2.34. The Kier molecular flexibility index (Phi) is 6.85. The molecule has 0 radical (unpaired) electrons. The first kappa shape index (κ1) is 20.8. The number of aliphatic hydroxyl groups is 2. The fourth-order valence-electron chi connectivity index (χ4n) is 5.43. The molecule has 3 N–H and O–H groups in total. The second kappa shape index (κ2) is 9.56. The minimum atomic E-state index is -0.545. The summed E-state index contributed by atoms with van der Waals surface area (Å²) < 4.78 is 0. The van der Waals surface area contributed by atoms with Gasteiger partial charge in [0.2, 0.25) is 5.91 Å². The molecular weight excluding hydrogens is 366 g/mol. The predicted octanol–water partition coefficient (Wildman–Crippen LogP) is 0.800. The van der Waals surface area contributed by atoms with Gasteiger partial charge in [-0.3, -0.25) is 14.6 Å². The average molecular weight is 402 g/mol. The zero-order valence-corrected chi connectivity index (χ0v) is 17.3. The van der Waals surface area contributed by atoms with Gasteiger partial charge in [-0.15, -0.1) is 0 Å². The van der Waals surface area contributed by atoms with Crippen molar-refractivity contribution < 1.29 is 15.0 Å². The molecular formula is C23H35N3O3. The van der Waals surface area contributed by atoms with E-state index in [-0.39, 0.29) is 25.0 Å². The Hall–Kier alpha value is -1.47. The van der Waals surface area contributed by atoms with E-state index < -0.39 is 6.04 Å². The molecule has 1 aliphatic carbocycles. The molecule has 0 aromatic heterocycles. The standard InChI is InChI=1S/C23H35N3O3/c27-15-20(16-28)24-23(29)19-6-3-9-26(14-19)21-7-10-25(11-8-21)22-12-17-4-1-2-5-18(17)13-22/h1-2,4-5,19-22,27-28H,3,6-16H2,(H,24,29). The third-order valence-electron chi connectivity index (χ3n) is 7.17. The molecule has 2 saturated heterocycles. The Morgan fingerprint density at radius 2 is 1.62 bits per heavy atom. The molecule has 1 aromatic carbocycles. The number of aliphatic hydroxyl groups excluding tert-OH is 2. The molecule has 0 saturated carbocycles. The second-order valence-corrected chi connectivity index (χ2v) is 9.00. The van der Waals surface area contributed by atoms with Gasteiger partial charge in [0.05, 0.1) is 25.2 Å². The van der Waals surface area contributed by atoms with E-state index in [0.29, 0.717) is 12.1 Å². The second-order valence-electron chi connectivity index (χ2n) is 9.00. The fourth-order valence-corrected chi connectivity index (χ4v) is 5.43. The fraction of sp³-hybridized carbons (Fsp3) is 0.696. The van der Waals surface area contributed by atoms with Crippen molar-refractivity contribution in [2.75, 3.05) is 39.4 Å². The highest BCUT2D eigenvalue weighted by molar-refractivity contribution is 5.79.